The molecule has 1 aliphatic heterocycles. The van der Waals surface area contributed by atoms with Gasteiger partial charge in [-0.15, -0.1) is 0 Å². The van der Waals surface area contributed by atoms with Crippen molar-refractivity contribution in [3.8, 4) is 0 Å². The van der Waals surface area contributed by atoms with Gasteiger partial charge in [0, 0.05) is 16.9 Å². The molecule has 0 fully saturated rings. The SMILES string of the molecule is C=C1NC(=O)c2c(N)cccc21. The van der Waals surface area contributed by atoms with Crippen LogP contribution in [-0.2, 0) is 0 Å². The number of anilines is 1. The van der Waals surface area contributed by atoms with Crippen molar-refractivity contribution in [2.45, 2.75) is 0 Å². The van der Waals surface area contributed by atoms with Gasteiger partial charge in [0.05, 0.1) is 5.56 Å². The molecule has 1 heterocycles. The smallest absolute Gasteiger partial charge is 0.258 e. The Bertz CT molecular complexity index is 382. The van der Waals surface area contributed by atoms with E-state index in [9.17, 15) is 4.79 Å². The average Bonchev–Trinajstić information content (AvgIpc) is 2.29. The van der Waals surface area contributed by atoms with Gasteiger partial charge in [-0.05, 0) is 6.07 Å². The fraction of sp³-hybridized carbons (Fsp3) is 0. The van der Waals surface area contributed by atoms with Crippen LogP contribution in [0.4, 0.5) is 5.69 Å². The molecule has 0 bridgehead atoms. The molecule has 1 aliphatic rings. The lowest BCUT2D eigenvalue weighted by Crippen LogP contribution is -2.12. The number of fused-ring (bicyclic) bond motifs is 1. The van der Waals surface area contributed by atoms with Crippen LogP contribution in [0.3, 0.4) is 0 Å². The quantitative estimate of drug-likeness (QED) is 0.556. The molecule has 3 nitrogen and oxygen atoms in total. The van der Waals surface area contributed by atoms with E-state index < -0.39 is 0 Å². The van der Waals surface area contributed by atoms with E-state index >= 15 is 0 Å². The molecule has 0 radical (unpaired) electrons. The first-order chi connectivity index (χ1) is 5.70. The summed E-state index contributed by atoms with van der Waals surface area (Å²) in [6, 6.07) is 5.34. The summed E-state index contributed by atoms with van der Waals surface area (Å²) >= 11 is 0. The van der Waals surface area contributed by atoms with E-state index in [0.29, 0.717) is 16.9 Å². The van der Waals surface area contributed by atoms with Gasteiger partial charge in [0.25, 0.3) is 5.91 Å². The monoisotopic (exact) mass is 160 g/mol. The molecule has 12 heavy (non-hydrogen) atoms. The van der Waals surface area contributed by atoms with Crippen molar-refractivity contribution in [3.63, 3.8) is 0 Å². The van der Waals surface area contributed by atoms with Gasteiger partial charge in [0.15, 0.2) is 0 Å². The van der Waals surface area contributed by atoms with Crippen LogP contribution < -0.4 is 11.1 Å². The molecule has 1 aromatic rings. The second-order valence-corrected chi connectivity index (χ2v) is 2.70. The number of hydrogen-bond acceptors (Lipinski definition) is 2. The van der Waals surface area contributed by atoms with Crippen LogP contribution in [0, 0.1) is 0 Å². The summed E-state index contributed by atoms with van der Waals surface area (Å²) in [4.78, 5) is 11.2. The topological polar surface area (TPSA) is 55.1 Å². The van der Waals surface area contributed by atoms with Crippen LogP contribution in [0.5, 0.6) is 0 Å². The third kappa shape index (κ3) is 0.733. The number of carbonyl (C=O) groups is 1. The van der Waals surface area contributed by atoms with Gasteiger partial charge in [-0.2, -0.15) is 0 Å². The summed E-state index contributed by atoms with van der Waals surface area (Å²) in [5.74, 6) is -0.159. The molecule has 60 valence electrons. The molecule has 0 spiro atoms. The molecule has 2 rings (SSSR count). The van der Waals surface area contributed by atoms with Gasteiger partial charge in [-0.1, -0.05) is 18.7 Å². The minimum atomic E-state index is -0.159. The molecule has 3 heteroatoms. The van der Waals surface area contributed by atoms with Crippen LogP contribution >= 0.6 is 0 Å². The number of nitrogens with two attached hydrogens (primary N) is 1. The standard InChI is InChI=1S/C9H8N2O/c1-5-6-3-2-4-7(10)8(6)9(12)11-5/h2-4H,1,10H2,(H,11,12). The van der Waals surface area contributed by atoms with E-state index in [1.165, 1.54) is 0 Å². The largest absolute Gasteiger partial charge is 0.398 e. The molecule has 0 aromatic heterocycles. The number of hydrogen-bond donors (Lipinski definition) is 2. The first-order valence-corrected chi connectivity index (χ1v) is 3.59. The average molecular weight is 160 g/mol. The van der Waals surface area contributed by atoms with Crippen LogP contribution in [-0.4, -0.2) is 5.91 Å². The van der Waals surface area contributed by atoms with E-state index in [1.807, 2.05) is 6.07 Å². The zero-order valence-corrected chi connectivity index (χ0v) is 6.42. The number of rotatable bonds is 0. The molecule has 0 unspecified atom stereocenters. The molecular weight excluding hydrogens is 152 g/mol. The van der Waals surface area contributed by atoms with Crippen molar-refractivity contribution < 1.29 is 4.79 Å². The van der Waals surface area contributed by atoms with Gasteiger partial charge >= 0.3 is 0 Å². The van der Waals surface area contributed by atoms with Crippen LogP contribution in [0.15, 0.2) is 24.8 Å². The number of nitrogens with one attached hydrogen (secondary N) is 1. The summed E-state index contributed by atoms with van der Waals surface area (Å²) in [5.41, 5.74) is 8.10. The Labute approximate surface area is 69.9 Å². The Morgan fingerprint density at radius 3 is 2.83 bits per heavy atom. The second-order valence-electron chi connectivity index (χ2n) is 2.70. The molecule has 0 atom stereocenters. The second kappa shape index (κ2) is 2.11. The van der Waals surface area contributed by atoms with E-state index in [2.05, 4.69) is 11.9 Å². The molecular formula is C9H8N2O. The van der Waals surface area contributed by atoms with Crippen LogP contribution in [0.2, 0.25) is 0 Å². The molecule has 0 saturated carbocycles. The molecule has 1 aromatic carbocycles. The highest BCUT2D eigenvalue weighted by Gasteiger charge is 2.23. The van der Waals surface area contributed by atoms with Crippen LogP contribution in [0.25, 0.3) is 5.70 Å². The van der Waals surface area contributed by atoms with Gasteiger partial charge in [-0.3, -0.25) is 4.79 Å². The Morgan fingerprint density at radius 1 is 1.42 bits per heavy atom. The third-order valence-electron chi connectivity index (χ3n) is 1.91. The lowest BCUT2D eigenvalue weighted by atomic mass is 10.1. The predicted octanol–water partition coefficient (Wildman–Crippen LogP) is 0.983. The molecule has 3 N–H and O–H groups in total. The number of nitrogen functional groups attached to an aromatic ring is 1. The lowest BCUT2D eigenvalue weighted by Gasteiger charge is -1.98. The highest BCUT2D eigenvalue weighted by molar-refractivity contribution is 6.12. The molecule has 0 aliphatic carbocycles. The highest BCUT2D eigenvalue weighted by Crippen LogP contribution is 2.26. The molecule has 0 saturated heterocycles. The summed E-state index contributed by atoms with van der Waals surface area (Å²) < 4.78 is 0. The molecule has 1 amide bonds. The first-order valence-electron chi connectivity index (χ1n) is 3.59. The Morgan fingerprint density at radius 2 is 2.17 bits per heavy atom. The van der Waals surface area contributed by atoms with Gasteiger partial charge in [-0.25, -0.2) is 0 Å². The fourth-order valence-corrected chi connectivity index (χ4v) is 1.34. The summed E-state index contributed by atoms with van der Waals surface area (Å²) in [5, 5.41) is 2.61. The van der Waals surface area contributed by atoms with Crippen molar-refractivity contribution >= 4 is 17.3 Å². The maximum absolute atomic E-state index is 11.2. The Kier molecular flexibility index (Phi) is 1.21. The highest BCUT2D eigenvalue weighted by atomic mass is 16.1. The Balaban J connectivity index is 2.75. The van der Waals surface area contributed by atoms with Gasteiger partial charge in [0.2, 0.25) is 0 Å². The van der Waals surface area contributed by atoms with E-state index in [4.69, 9.17) is 5.73 Å². The van der Waals surface area contributed by atoms with Crippen molar-refractivity contribution in [3.05, 3.63) is 35.9 Å². The van der Waals surface area contributed by atoms with Crippen molar-refractivity contribution in [1.82, 2.24) is 5.32 Å². The lowest BCUT2D eigenvalue weighted by molar-refractivity contribution is 0.0982. The van der Waals surface area contributed by atoms with E-state index in [0.717, 1.165) is 5.56 Å². The zero-order valence-electron chi connectivity index (χ0n) is 6.42. The minimum absolute atomic E-state index is 0.159. The van der Waals surface area contributed by atoms with Crippen LogP contribution in [0.1, 0.15) is 15.9 Å². The predicted molar refractivity (Wildman–Crippen MR) is 47.4 cm³/mol. The van der Waals surface area contributed by atoms with E-state index in [-0.39, 0.29) is 5.91 Å². The fourth-order valence-electron chi connectivity index (χ4n) is 1.34. The minimum Gasteiger partial charge on any atom is -0.398 e. The van der Waals surface area contributed by atoms with Crippen molar-refractivity contribution in [2.24, 2.45) is 0 Å². The number of amides is 1. The van der Waals surface area contributed by atoms with Crippen molar-refractivity contribution in [2.75, 3.05) is 5.73 Å². The van der Waals surface area contributed by atoms with E-state index in [1.54, 1.807) is 12.1 Å². The normalized spacial score (nSPS) is 14.3. The summed E-state index contributed by atoms with van der Waals surface area (Å²) in [6.07, 6.45) is 0. The maximum atomic E-state index is 11.2. The third-order valence-corrected chi connectivity index (χ3v) is 1.91. The number of benzene rings is 1. The number of carbonyl (C=O) groups excluding carboxylic acids is 1. The summed E-state index contributed by atoms with van der Waals surface area (Å²) in [6.45, 7) is 3.70. The van der Waals surface area contributed by atoms with Gasteiger partial charge in [0.1, 0.15) is 0 Å². The Hall–Kier alpha value is -1.77. The first kappa shape index (κ1) is 6.91. The maximum Gasteiger partial charge on any atom is 0.258 e. The summed E-state index contributed by atoms with van der Waals surface area (Å²) in [7, 11) is 0. The van der Waals surface area contributed by atoms with Gasteiger partial charge < -0.3 is 11.1 Å². The zero-order chi connectivity index (χ0) is 8.72. The van der Waals surface area contributed by atoms with Crippen molar-refractivity contribution in [1.29, 1.82) is 0 Å².